The molecule has 0 fully saturated rings. The molecular formula is C16H21N3O. The van der Waals surface area contributed by atoms with Gasteiger partial charge in [-0.3, -0.25) is 4.90 Å². The van der Waals surface area contributed by atoms with Crippen molar-refractivity contribution in [3.05, 3.63) is 47.8 Å². The first-order valence-electron chi connectivity index (χ1n) is 6.60. The number of nitrogens with zero attached hydrogens (tertiary/aromatic N) is 2. The summed E-state index contributed by atoms with van der Waals surface area (Å²) < 4.78 is 0. The zero-order chi connectivity index (χ0) is 14.9. The molecule has 1 unspecified atom stereocenters. The van der Waals surface area contributed by atoms with E-state index in [2.05, 4.69) is 16.5 Å². The van der Waals surface area contributed by atoms with Crippen molar-refractivity contribution in [1.82, 2.24) is 4.90 Å². The number of aromatic hydroxyl groups is 1. The van der Waals surface area contributed by atoms with Crippen molar-refractivity contribution in [2.75, 3.05) is 13.6 Å². The molecule has 0 spiro atoms. The fraction of sp³-hybridized carbons (Fsp3) is 0.312. The molecule has 20 heavy (non-hydrogen) atoms. The topological polar surface area (TPSA) is 61.8 Å². The number of phenols is 1. The summed E-state index contributed by atoms with van der Waals surface area (Å²) >= 11 is 0. The molecule has 1 aromatic carbocycles. The predicted octanol–water partition coefficient (Wildman–Crippen LogP) is 2.67. The van der Waals surface area contributed by atoms with Crippen LogP contribution in [0.25, 0.3) is 5.57 Å². The minimum absolute atomic E-state index is 0.0773. The van der Waals surface area contributed by atoms with Gasteiger partial charge in [0.05, 0.1) is 6.04 Å². The second-order valence-electron chi connectivity index (χ2n) is 5.28. The van der Waals surface area contributed by atoms with Crippen LogP contribution in [-0.2, 0) is 0 Å². The number of phenolic OH excluding ortho intramolecular Hbond substituents is 1. The molecule has 4 heteroatoms. The van der Waals surface area contributed by atoms with Crippen LogP contribution in [0.1, 0.15) is 31.0 Å². The summed E-state index contributed by atoms with van der Waals surface area (Å²) in [6.45, 7) is 8.44. The van der Waals surface area contributed by atoms with Gasteiger partial charge in [0.2, 0.25) is 0 Å². The number of aliphatic imine (C=N–C) groups is 1. The van der Waals surface area contributed by atoms with E-state index in [-0.39, 0.29) is 11.8 Å². The molecule has 1 heterocycles. The van der Waals surface area contributed by atoms with Crippen molar-refractivity contribution in [2.24, 2.45) is 10.7 Å². The van der Waals surface area contributed by atoms with Crippen LogP contribution in [0, 0.1) is 0 Å². The molecule has 2 rings (SSSR count). The van der Waals surface area contributed by atoms with Gasteiger partial charge in [-0.25, -0.2) is 4.99 Å². The smallest absolute Gasteiger partial charge is 0.121 e. The molecule has 0 bridgehead atoms. The molecule has 1 aliphatic heterocycles. The zero-order valence-corrected chi connectivity index (χ0v) is 12.2. The number of hydrogen-bond acceptors (Lipinski definition) is 4. The summed E-state index contributed by atoms with van der Waals surface area (Å²) in [4.78, 5) is 6.47. The minimum Gasteiger partial charge on any atom is -0.508 e. The molecule has 1 aliphatic rings. The van der Waals surface area contributed by atoms with Crippen molar-refractivity contribution in [3.63, 3.8) is 0 Å². The summed E-state index contributed by atoms with van der Waals surface area (Å²) in [5, 5.41) is 10.3. The monoisotopic (exact) mass is 271 g/mol. The first-order valence-corrected chi connectivity index (χ1v) is 6.60. The van der Waals surface area contributed by atoms with Crippen LogP contribution in [0.15, 0.2) is 41.7 Å². The van der Waals surface area contributed by atoms with Gasteiger partial charge in [-0.15, -0.1) is 0 Å². The average molecular weight is 271 g/mol. The van der Waals surface area contributed by atoms with Crippen LogP contribution in [0.5, 0.6) is 5.75 Å². The van der Waals surface area contributed by atoms with E-state index in [0.717, 1.165) is 22.4 Å². The Morgan fingerprint density at radius 3 is 2.80 bits per heavy atom. The van der Waals surface area contributed by atoms with Gasteiger partial charge in [0, 0.05) is 17.8 Å². The fourth-order valence-electron chi connectivity index (χ4n) is 2.48. The van der Waals surface area contributed by atoms with Crippen molar-refractivity contribution in [3.8, 4) is 5.75 Å². The Hall–Kier alpha value is -2.07. The maximum absolute atomic E-state index is 10.3. The lowest BCUT2D eigenvalue weighted by atomic mass is 9.97. The molecule has 0 aliphatic carbocycles. The molecule has 3 N–H and O–H groups in total. The summed E-state index contributed by atoms with van der Waals surface area (Å²) in [6, 6.07) is 5.58. The van der Waals surface area contributed by atoms with Crippen LogP contribution in [0.4, 0.5) is 0 Å². The Kier molecular flexibility index (Phi) is 3.95. The Bertz CT molecular complexity index is 602. The molecule has 0 amide bonds. The molecular weight excluding hydrogens is 250 g/mol. The summed E-state index contributed by atoms with van der Waals surface area (Å²) in [5.41, 5.74) is 9.38. The van der Waals surface area contributed by atoms with Gasteiger partial charge in [-0.2, -0.15) is 0 Å². The fourth-order valence-corrected chi connectivity index (χ4v) is 2.48. The third-order valence-electron chi connectivity index (χ3n) is 3.55. The Balaban J connectivity index is 2.45. The zero-order valence-electron chi connectivity index (χ0n) is 12.2. The van der Waals surface area contributed by atoms with Gasteiger partial charge in [0.25, 0.3) is 0 Å². The van der Waals surface area contributed by atoms with Gasteiger partial charge in [-0.05, 0) is 38.6 Å². The van der Waals surface area contributed by atoms with E-state index in [1.807, 2.05) is 39.1 Å². The van der Waals surface area contributed by atoms with Gasteiger partial charge in [-0.1, -0.05) is 24.3 Å². The van der Waals surface area contributed by atoms with E-state index in [4.69, 9.17) is 5.73 Å². The third-order valence-corrected chi connectivity index (χ3v) is 3.55. The molecule has 0 radical (unpaired) electrons. The number of nitrogens with two attached hydrogens (primary N) is 1. The molecule has 0 saturated carbocycles. The van der Waals surface area contributed by atoms with Crippen LogP contribution >= 0.6 is 0 Å². The molecule has 0 aromatic heterocycles. The second-order valence-corrected chi connectivity index (χ2v) is 5.28. The van der Waals surface area contributed by atoms with E-state index < -0.39 is 0 Å². The van der Waals surface area contributed by atoms with E-state index in [1.54, 1.807) is 6.07 Å². The predicted molar refractivity (Wildman–Crippen MR) is 83.6 cm³/mol. The lowest BCUT2D eigenvalue weighted by molar-refractivity contribution is 0.326. The highest BCUT2D eigenvalue weighted by Gasteiger charge is 2.24. The molecule has 106 valence electrons. The normalized spacial score (nSPS) is 20.1. The summed E-state index contributed by atoms with van der Waals surface area (Å²) in [6.07, 6.45) is 1.88. The van der Waals surface area contributed by atoms with Crippen LogP contribution in [0.3, 0.4) is 0 Å². The maximum atomic E-state index is 10.3. The van der Waals surface area contributed by atoms with Crippen LogP contribution in [-0.4, -0.2) is 29.3 Å². The summed E-state index contributed by atoms with van der Waals surface area (Å²) in [5.74, 6) is 0.785. The number of benzene rings is 1. The van der Waals surface area contributed by atoms with Gasteiger partial charge in [0.15, 0.2) is 0 Å². The Morgan fingerprint density at radius 2 is 2.20 bits per heavy atom. The number of rotatable bonds is 2. The number of allylic oxidation sites excluding steroid dienone is 1. The number of likely N-dealkylation sites (N-methyl/N-ethyl adjacent to an activating group) is 1. The summed E-state index contributed by atoms with van der Waals surface area (Å²) in [7, 11) is 1.99. The van der Waals surface area contributed by atoms with Crippen molar-refractivity contribution in [2.45, 2.75) is 19.9 Å². The quantitative estimate of drug-likeness (QED) is 0.869. The van der Waals surface area contributed by atoms with Gasteiger partial charge >= 0.3 is 0 Å². The number of hydrogen-bond donors (Lipinski definition) is 2. The van der Waals surface area contributed by atoms with Crippen LogP contribution in [0.2, 0.25) is 0 Å². The van der Waals surface area contributed by atoms with Crippen molar-refractivity contribution >= 4 is 11.3 Å². The maximum Gasteiger partial charge on any atom is 0.121 e. The van der Waals surface area contributed by atoms with E-state index in [1.165, 1.54) is 0 Å². The highest BCUT2D eigenvalue weighted by Crippen LogP contribution is 2.32. The largest absolute Gasteiger partial charge is 0.508 e. The van der Waals surface area contributed by atoms with Crippen molar-refractivity contribution < 1.29 is 5.11 Å². The standard InChI is InChI=1S/C16H21N3O/c1-10(2)12-5-6-13(14(20)9-12)16-11(3)18-15(17)7-8-19(16)4/h5-7,9,16,20H,1,8,17H2,2-4H3. The molecule has 4 nitrogen and oxygen atoms in total. The molecule has 1 aromatic rings. The first kappa shape index (κ1) is 14.3. The second kappa shape index (κ2) is 5.51. The Labute approximate surface area is 119 Å². The van der Waals surface area contributed by atoms with Gasteiger partial charge < -0.3 is 10.8 Å². The highest BCUT2D eigenvalue weighted by molar-refractivity contribution is 5.90. The van der Waals surface area contributed by atoms with E-state index in [9.17, 15) is 5.11 Å². The van der Waals surface area contributed by atoms with E-state index >= 15 is 0 Å². The minimum atomic E-state index is -0.0773. The first-order chi connectivity index (χ1) is 9.40. The van der Waals surface area contributed by atoms with Gasteiger partial charge in [0.1, 0.15) is 11.6 Å². The average Bonchev–Trinajstić information content (AvgIpc) is 2.49. The van der Waals surface area contributed by atoms with Crippen molar-refractivity contribution in [1.29, 1.82) is 0 Å². The molecule has 0 saturated heterocycles. The van der Waals surface area contributed by atoms with Crippen LogP contribution < -0.4 is 5.73 Å². The SMILES string of the molecule is C=C(C)c1ccc(C2C(C)=NC(N)=CCN2C)c(O)c1. The third kappa shape index (κ3) is 2.75. The lowest BCUT2D eigenvalue weighted by Crippen LogP contribution is -2.29. The Morgan fingerprint density at radius 1 is 1.50 bits per heavy atom. The highest BCUT2D eigenvalue weighted by atomic mass is 16.3. The van der Waals surface area contributed by atoms with E-state index in [0.29, 0.717) is 12.4 Å². The lowest BCUT2D eigenvalue weighted by Gasteiger charge is -2.27. The molecule has 1 atom stereocenters.